The highest BCUT2D eigenvalue weighted by atomic mass is 16.5. The Balaban J connectivity index is 1.76. The zero-order chi connectivity index (χ0) is 18.3. The summed E-state index contributed by atoms with van der Waals surface area (Å²) >= 11 is 0. The summed E-state index contributed by atoms with van der Waals surface area (Å²) in [7, 11) is 1.66. The summed E-state index contributed by atoms with van der Waals surface area (Å²) in [5.74, 6) is -1.31. The molecule has 1 N–H and O–H groups in total. The number of amides is 2. The summed E-state index contributed by atoms with van der Waals surface area (Å²) < 4.78 is 5.87. The number of nitrogens with zero attached hydrogens (tertiary/aromatic N) is 2. The summed E-state index contributed by atoms with van der Waals surface area (Å²) in [6.45, 7) is 2.26. The maximum Gasteiger partial charge on any atom is 0.294 e. The summed E-state index contributed by atoms with van der Waals surface area (Å²) in [6.07, 6.45) is 3.71. The highest BCUT2D eigenvalue weighted by Crippen LogP contribution is 2.43. The lowest BCUT2D eigenvalue weighted by Gasteiger charge is -2.34. The van der Waals surface area contributed by atoms with E-state index >= 15 is 0 Å². The standard InChI is InChI=1S/C19H23N3O4/c1-21-14-8-5-7-13(16(23)17(24)22-10-3-2-4-11-22)15(14)19(18(21)25)20-9-6-12-26-19/h5,7-8,20H,2-4,6,9-12H2,1H3. The Morgan fingerprint density at radius 3 is 2.62 bits per heavy atom. The van der Waals surface area contributed by atoms with E-state index < -0.39 is 17.4 Å². The van der Waals surface area contributed by atoms with E-state index in [1.807, 2.05) is 0 Å². The Bertz CT molecular complexity index is 764. The van der Waals surface area contributed by atoms with Gasteiger partial charge >= 0.3 is 0 Å². The number of fused-ring (bicyclic) bond motifs is 2. The molecule has 0 aliphatic carbocycles. The quantitative estimate of drug-likeness (QED) is 0.632. The van der Waals surface area contributed by atoms with Crippen LogP contribution in [-0.4, -0.2) is 55.8 Å². The molecule has 1 spiro atoms. The fourth-order valence-corrected chi connectivity index (χ4v) is 4.10. The largest absolute Gasteiger partial charge is 0.348 e. The van der Waals surface area contributed by atoms with Crippen LogP contribution in [0.2, 0.25) is 0 Å². The number of piperidine rings is 1. The molecule has 1 aromatic rings. The molecule has 0 aromatic heterocycles. The number of hydrogen-bond donors (Lipinski definition) is 1. The predicted octanol–water partition coefficient (Wildman–Crippen LogP) is 1.02. The second-order valence-electron chi connectivity index (χ2n) is 7.06. The molecule has 26 heavy (non-hydrogen) atoms. The number of anilines is 1. The highest BCUT2D eigenvalue weighted by molar-refractivity contribution is 6.43. The van der Waals surface area contributed by atoms with Gasteiger partial charge in [0.15, 0.2) is 0 Å². The topological polar surface area (TPSA) is 79.0 Å². The van der Waals surface area contributed by atoms with Crippen LogP contribution >= 0.6 is 0 Å². The van der Waals surface area contributed by atoms with Gasteiger partial charge in [-0.05, 0) is 31.7 Å². The van der Waals surface area contributed by atoms with Crippen molar-refractivity contribution in [3.05, 3.63) is 29.3 Å². The van der Waals surface area contributed by atoms with Crippen LogP contribution in [0.5, 0.6) is 0 Å². The number of ether oxygens (including phenoxy) is 1. The van der Waals surface area contributed by atoms with Crippen molar-refractivity contribution >= 4 is 23.3 Å². The molecule has 3 aliphatic heterocycles. The number of Topliss-reactive ketones (excluding diaryl/α,β-unsaturated/α-hetero) is 1. The molecule has 1 aromatic carbocycles. The molecule has 7 heteroatoms. The van der Waals surface area contributed by atoms with E-state index in [1.54, 1.807) is 30.1 Å². The van der Waals surface area contributed by atoms with E-state index in [0.29, 0.717) is 37.5 Å². The van der Waals surface area contributed by atoms with Gasteiger partial charge in [0.25, 0.3) is 17.6 Å². The Hall–Kier alpha value is -2.25. The predicted molar refractivity (Wildman–Crippen MR) is 94.9 cm³/mol. The number of likely N-dealkylation sites (N-methyl/N-ethyl adjacent to an activating group) is 1. The van der Waals surface area contributed by atoms with Crippen LogP contribution in [0.3, 0.4) is 0 Å². The number of carbonyl (C=O) groups excluding carboxylic acids is 3. The average Bonchev–Trinajstić information content (AvgIpc) is 2.90. The molecule has 0 radical (unpaired) electrons. The van der Waals surface area contributed by atoms with Crippen molar-refractivity contribution in [2.24, 2.45) is 0 Å². The smallest absolute Gasteiger partial charge is 0.294 e. The number of rotatable bonds is 2. The Morgan fingerprint density at radius 1 is 1.15 bits per heavy atom. The molecule has 0 saturated carbocycles. The minimum atomic E-state index is -1.36. The minimum Gasteiger partial charge on any atom is -0.348 e. The van der Waals surface area contributed by atoms with Gasteiger partial charge in [0.2, 0.25) is 5.72 Å². The van der Waals surface area contributed by atoms with Crippen molar-refractivity contribution in [1.82, 2.24) is 10.2 Å². The van der Waals surface area contributed by atoms with Crippen molar-refractivity contribution < 1.29 is 19.1 Å². The third-order valence-corrected chi connectivity index (χ3v) is 5.46. The van der Waals surface area contributed by atoms with E-state index in [2.05, 4.69) is 5.32 Å². The molecule has 1 unspecified atom stereocenters. The van der Waals surface area contributed by atoms with Crippen LogP contribution in [0.1, 0.15) is 41.6 Å². The summed E-state index contributed by atoms with van der Waals surface area (Å²) in [5, 5.41) is 3.15. The van der Waals surface area contributed by atoms with Crippen molar-refractivity contribution in [2.45, 2.75) is 31.4 Å². The summed E-state index contributed by atoms with van der Waals surface area (Å²) in [4.78, 5) is 41.8. The van der Waals surface area contributed by atoms with Crippen LogP contribution < -0.4 is 10.2 Å². The van der Waals surface area contributed by atoms with E-state index in [0.717, 1.165) is 25.7 Å². The second-order valence-corrected chi connectivity index (χ2v) is 7.06. The van der Waals surface area contributed by atoms with Gasteiger partial charge in [-0.1, -0.05) is 12.1 Å². The van der Waals surface area contributed by atoms with Crippen LogP contribution in [0.15, 0.2) is 18.2 Å². The maximum atomic E-state index is 13.0. The summed E-state index contributed by atoms with van der Waals surface area (Å²) in [5.41, 5.74) is -0.0223. The van der Waals surface area contributed by atoms with Crippen molar-refractivity contribution in [3.8, 4) is 0 Å². The molecule has 7 nitrogen and oxygen atoms in total. The maximum absolute atomic E-state index is 13.0. The molecule has 138 valence electrons. The molecule has 2 fully saturated rings. The van der Waals surface area contributed by atoms with E-state index in [9.17, 15) is 14.4 Å². The molecule has 2 amide bonds. The summed E-state index contributed by atoms with van der Waals surface area (Å²) in [6, 6.07) is 5.11. The lowest BCUT2D eigenvalue weighted by Crippen LogP contribution is -2.56. The highest BCUT2D eigenvalue weighted by Gasteiger charge is 2.54. The Kier molecular flexibility index (Phi) is 4.28. The number of hydrogen-bond acceptors (Lipinski definition) is 5. The van der Waals surface area contributed by atoms with Crippen LogP contribution in [0, 0.1) is 0 Å². The number of carbonyl (C=O) groups is 3. The van der Waals surface area contributed by atoms with Gasteiger partial charge in [0, 0.05) is 37.8 Å². The fourth-order valence-electron chi connectivity index (χ4n) is 4.10. The average molecular weight is 357 g/mol. The molecular weight excluding hydrogens is 334 g/mol. The van der Waals surface area contributed by atoms with Crippen molar-refractivity contribution in [3.63, 3.8) is 0 Å². The molecule has 3 aliphatic rings. The van der Waals surface area contributed by atoms with Gasteiger partial charge < -0.3 is 14.5 Å². The van der Waals surface area contributed by atoms with Gasteiger partial charge in [-0.15, -0.1) is 0 Å². The molecule has 0 bridgehead atoms. The SMILES string of the molecule is CN1C(=O)C2(NCCCO2)c2c(C(=O)C(=O)N3CCCCC3)cccc21. The molecule has 4 rings (SSSR count). The van der Waals surface area contributed by atoms with Crippen LogP contribution in [0.4, 0.5) is 5.69 Å². The first-order valence-electron chi connectivity index (χ1n) is 9.20. The monoisotopic (exact) mass is 357 g/mol. The Morgan fingerprint density at radius 2 is 1.92 bits per heavy atom. The fraction of sp³-hybridized carbons (Fsp3) is 0.526. The van der Waals surface area contributed by atoms with Crippen LogP contribution in [-0.2, 0) is 20.1 Å². The number of likely N-dealkylation sites (tertiary alicyclic amines) is 1. The Labute approximate surface area is 152 Å². The van der Waals surface area contributed by atoms with E-state index in [1.165, 1.54) is 4.90 Å². The van der Waals surface area contributed by atoms with Crippen LogP contribution in [0.25, 0.3) is 0 Å². The van der Waals surface area contributed by atoms with Gasteiger partial charge in [0.1, 0.15) is 0 Å². The molecular formula is C19H23N3O4. The lowest BCUT2D eigenvalue weighted by atomic mass is 9.93. The van der Waals surface area contributed by atoms with Gasteiger partial charge in [-0.25, -0.2) is 0 Å². The first-order valence-corrected chi connectivity index (χ1v) is 9.20. The van der Waals surface area contributed by atoms with E-state index in [4.69, 9.17) is 4.74 Å². The second kappa shape index (κ2) is 6.48. The van der Waals surface area contributed by atoms with Crippen molar-refractivity contribution in [1.29, 1.82) is 0 Å². The van der Waals surface area contributed by atoms with E-state index in [-0.39, 0.29) is 11.5 Å². The zero-order valence-electron chi connectivity index (χ0n) is 14.9. The molecule has 2 saturated heterocycles. The first kappa shape index (κ1) is 17.2. The van der Waals surface area contributed by atoms with Gasteiger partial charge in [-0.2, -0.15) is 0 Å². The van der Waals surface area contributed by atoms with Crippen molar-refractivity contribution in [2.75, 3.05) is 38.2 Å². The zero-order valence-corrected chi connectivity index (χ0v) is 14.9. The normalized spacial score (nSPS) is 25.5. The number of benzene rings is 1. The van der Waals surface area contributed by atoms with Gasteiger partial charge in [0.05, 0.1) is 12.3 Å². The molecule has 3 heterocycles. The number of nitrogens with one attached hydrogen (secondary N) is 1. The molecule has 1 atom stereocenters. The first-order chi connectivity index (χ1) is 12.6. The van der Waals surface area contributed by atoms with Gasteiger partial charge in [-0.3, -0.25) is 19.7 Å². The third-order valence-electron chi connectivity index (χ3n) is 5.46. The lowest BCUT2D eigenvalue weighted by molar-refractivity contribution is -0.154. The minimum absolute atomic E-state index is 0.252. The number of ketones is 1. The third kappa shape index (κ3) is 2.46.